The normalized spacial score (nSPS) is 15.4. The van der Waals surface area contributed by atoms with Crippen LogP contribution in [0.1, 0.15) is 249 Å². The van der Waals surface area contributed by atoms with Crippen LogP contribution in [0.15, 0.2) is 60.8 Å². The first kappa shape index (κ1) is 74.3. The Morgan fingerprint density at radius 3 is 1.59 bits per heavy atom. The largest absolute Gasteiger partial charge is 0.465 e. The molecule has 0 saturated carbocycles. The monoisotopic (exact) mass is 1140 g/mol. The molecule has 6 atom stereocenters. The highest BCUT2D eigenvalue weighted by molar-refractivity contribution is 5.72. The highest BCUT2D eigenvalue weighted by atomic mass is 16.6. The van der Waals surface area contributed by atoms with Gasteiger partial charge in [0.25, 0.3) is 0 Å². The van der Waals surface area contributed by atoms with Crippen LogP contribution in [0.25, 0.3) is 0 Å². The van der Waals surface area contributed by atoms with Crippen molar-refractivity contribution in [1.29, 1.82) is 0 Å². The van der Waals surface area contributed by atoms with E-state index in [0.29, 0.717) is 76.2 Å². The lowest BCUT2D eigenvalue weighted by atomic mass is 9.93. The van der Waals surface area contributed by atoms with Crippen molar-refractivity contribution in [2.24, 2.45) is 17.8 Å². The number of carbonyl (C=O) groups is 6. The number of allylic oxidation sites excluding steroid dienone is 6. The number of hydrogen-bond donors (Lipinski definition) is 1. The summed E-state index contributed by atoms with van der Waals surface area (Å²) in [6.45, 7) is 29.6. The molecule has 0 aliphatic carbocycles. The summed E-state index contributed by atoms with van der Waals surface area (Å²) >= 11 is 0. The highest BCUT2D eigenvalue weighted by Crippen LogP contribution is 2.25. The van der Waals surface area contributed by atoms with Crippen molar-refractivity contribution in [3.8, 4) is 0 Å². The highest BCUT2D eigenvalue weighted by Gasteiger charge is 2.26. The van der Waals surface area contributed by atoms with E-state index in [4.69, 9.17) is 28.4 Å². The Hall–Kier alpha value is -4.72. The number of ether oxygens (including phenoxy) is 6. The average Bonchev–Trinajstić information content (AvgIpc) is 3.94. The van der Waals surface area contributed by atoms with Crippen molar-refractivity contribution >= 4 is 35.9 Å². The number of likely N-dealkylation sites (tertiary alicyclic amines) is 1. The van der Waals surface area contributed by atoms with E-state index in [2.05, 4.69) is 96.1 Å². The Morgan fingerprint density at radius 1 is 0.568 bits per heavy atom. The Labute approximate surface area is 491 Å². The number of esters is 5. The third-order valence-electron chi connectivity index (χ3n) is 15.0. The molecule has 1 fully saturated rings. The molecule has 1 heterocycles. The number of rotatable bonds is 49. The molecule has 81 heavy (non-hydrogen) atoms. The van der Waals surface area contributed by atoms with Gasteiger partial charge < -0.3 is 38.6 Å². The molecular weight excluding hydrogens is 1020 g/mol. The summed E-state index contributed by atoms with van der Waals surface area (Å²) in [6.07, 6.45) is 32.3. The number of unbranched alkanes of at least 4 members (excludes halogenated alkanes) is 8. The fourth-order valence-electron chi connectivity index (χ4n) is 9.49. The maximum absolute atomic E-state index is 13.2. The number of alkyl carbamates (subject to hydrolysis) is 1. The molecule has 1 N–H and O–H groups in total. The molecular formula is C67H114N2O12. The second-order valence-corrected chi connectivity index (χ2v) is 23.9. The fourth-order valence-corrected chi connectivity index (χ4v) is 9.49. The van der Waals surface area contributed by atoms with E-state index < -0.39 is 47.2 Å². The van der Waals surface area contributed by atoms with Crippen LogP contribution >= 0.6 is 0 Å². The third kappa shape index (κ3) is 41.9. The SMILES string of the molecule is C=CC(C)(CCC=CC(C)CCC=C(C)C)OC(=O)CCCCCC(=O)OCC(COC(=O)CCCCCC(=O)OC(C)(C=C)CCCCC(C)CCC=C(C)C)COC(=O)CCC(CCCCCC)OC(=O)NCCN1CCCC1. The van der Waals surface area contributed by atoms with E-state index in [1.54, 1.807) is 12.2 Å². The van der Waals surface area contributed by atoms with Crippen LogP contribution in [0.5, 0.6) is 0 Å². The molecule has 14 nitrogen and oxygen atoms in total. The molecule has 0 spiro atoms. The Bertz CT molecular complexity index is 1880. The third-order valence-corrected chi connectivity index (χ3v) is 15.0. The average molecular weight is 1140 g/mol. The zero-order valence-corrected chi connectivity index (χ0v) is 52.5. The molecule has 1 amide bonds. The fraction of sp³-hybridized carbons (Fsp3) is 0.761. The molecule has 1 saturated heterocycles. The van der Waals surface area contributed by atoms with Crippen LogP contribution in [-0.4, -0.2) is 104 Å². The summed E-state index contributed by atoms with van der Waals surface area (Å²) in [5.74, 6) is -1.53. The van der Waals surface area contributed by atoms with Crippen molar-refractivity contribution in [3.05, 3.63) is 60.8 Å². The Morgan fingerprint density at radius 2 is 1.06 bits per heavy atom. The van der Waals surface area contributed by atoms with Crippen molar-refractivity contribution in [2.45, 2.75) is 266 Å². The van der Waals surface area contributed by atoms with Crippen LogP contribution in [0.3, 0.4) is 0 Å². The van der Waals surface area contributed by atoms with Gasteiger partial charge in [-0.15, -0.1) is 0 Å². The maximum atomic E-state index is 13.2. The minimum atomic E-state index is -0.777. The van der Waals surface area contributed by atoms with E-state index in [1.807, 2.05) is 13.8 Å². The molecule has 1 rings (SSSR count). The van der Waals surface area contributed by atoms with Crippen LogP contribution < -0.4 is 5.32 Å². The molecule has 6 unspecified atom stereocenters. The number of amides is 1. The van der Waals surface area contributed by atoms with Gasteiger partial charge in [0.05, 0.1) is 5.92 Å². The van der Waals surface area contributed by atoms with Crippen molar-refractivity contribution in [3.63, 3.8) is 0 Å². The first-order valence-corrected chi connectivity index (χ1v) is 31.5. The minimum Gasteiger partial charge on any atom is -0.465 e. The molecule has 0 radical (unpaired) electrons. The van der Waals surface area contributed by atoms with E-state index >= 15 is 0 Å². The summed E-state index contributed by atoms with van der Waals surface area (Å²) in [7, 11) is 0. The van der Waals surface area contributed by atoms with E-state index in [9.17, 15) is 28.8 Å². The van der Waals surface area contributed by atoms with E-state index in [1.165, 1.54) is 30.4 Å². The standard InChI is InChI=1S/C67H114N2O12/c1-12-15-16-19-38-59(79-65(75)68-47-50-69-48-28-29-49-69)43-44-62(72)78-53-58(51-76-60(70)39-20-17-22-41-63(73)80-66(10,13-2)45-26-24-34-56(8)36-30-32-54(4)5)52-77-61(71)40-21-18-23-42-64(74)81-67(11,14-3)46-27-25-35-57(9)37-31-33-55(6)7/h13-14,24,32-34,56-59H,2-3,12,15-23,25-31,35-53H2,1,4-11H3,(H,68,75). The zero-order valence-electron chi connectivity index (χ0n) is 52.5. The molecule has 464 valence electrons. The van der Waals surface area contributed by atoms with Gasteiger partial charge in [-0.2, -0.15) is 0 Å². The summed E-state index contributed by atoms with van der Waals surface area (Å²) in [4.78, 5) is 79.8. The zero-order chi connectivity index (χ0) is 60.2. The first-order valence-electron chi connectivity index (χ1n) is 31.5. The number of carbonyl (C=O) groups excluding carboxylic acids is 6. The van der Waals surface area contributed by atoms with Gasteiger partial charge in [-0.3, -0.25) is 24.0 Å². The van der Waals surface area contributed by atoms with Crippen molar-refractivity contribution < 1.29 is 57.2 Å². The van der Waals surface area contributed by atoms with Gasteiger partial charge in [0.1, 0.15) is 37.1 Å². The van der Waals surface area contributed by atoms with Crippen molar-refractivity contribution in [1.82, 2.24) is 10.2 Å². The predicted octanol–water partition coefficient (Wildman–Crippen LogP) is 15.7. The van der Waals surface area contributed by atoms with Gasteiger partial charge in [0.15, 0.2) is 0 Å². The lowest BCUT2D eigenvalue weighted by Gasteiger charge is -2.26. The number of hydrogen-bond acceptors (Lipinski definition) is 13. The van der Waals surface area contributed by atoms with Gasteiger partial charge in [0.2, 0.25) is 0 Å². The summed E-state index contributed by atoms with van der Waals surface area (Å²) in [5, 5.41) is 2.86. The topological polar surface area (TPSA) is 173 Å². The van der Waals surface area contributed by atoms with Crippen LogP contribution in [0.4, 0.5) is 4.79 Å². The molecule has 0 aromatic rings. The molecule has 0 aromatic heterocycles. The lowest BCUT2D eigenvalue weighted by Crippen LogP contribution is -2.35. The minimum absolute atomic E-state index is 0.0112. The van der Waals surface area contributed by atoms with Crippen LogP contribution in [0, 0.1) is 17.8 Å². The Kier molecular flexibility index (Phi) is 42.0. The van der Waals surface area contributed by atoms with Gasteiger partial charge >= 0.3 is 35.9 Å². The molecule has 0 bridgehead atoms. The van der Waals surface area contributed by atoms with Crippen LogP contribution in [-0.2, 0) is 52.4 Å². The molecule has 0 aromatic carbocycles. The van der Waals surface area contributed by atoms with Gasteiger partial charge in [0, 0.05) is 45.2 Å². The quantitative estimate of drug-likeness (QED) is 0.0264. The number of nitrogens with one attached hydrogen (secondary N) is 1. The summed E-state index contributed by atoms with van der Waals surface area (Å²) in [6, 6.07) is 0. The second kappa shape index (κ2) is 45.8. The van der Waals surface area contributed by atoms with Crippen LogP contribution in [0.2, 0.25) is 0 Å². The maximum Gasteiger partial charge on any atom is 0.407 e. The van der Waals surface area contributed by atoms with Gasteiger partial charge in [-0.05, 0) is 188 Å². The van der Waals surface area contributed by atoms with Crippen molar-refractivity contribution in [2.75, 3.05) is 46.0 Å². The Balaban J connectivity index is 2.73. The smallest absolute Gasteiger partial charge is 0.407 e. The summed E-state index contributed by atoms with van der Waals surface area (Å²) < 4.78 is 34.4. The predicted molar refractivity (Wildman–Crippen MR) is 326 cm³/mol. The van der Waals surface area contributed by atoms with Gasteiger partial charge in [-0.1, -0.05) is 114 Å². The molecule has 1 aliphatic rings. The first-order chi connectivity index (χ1) is 38.7. The molecule has 1 aliphatic heterocycles. The molecule has 14 heteroatoms. The summed E-state index contributed by atoms with van der Waals surface area (Å²) in [5.41, 5.74) is 1.18. The number of nitrogens with zero attached hydrogens (tertiary/aromatic N) is 1. The van der Waals surface area contributed by atoms with Gasteiger partial charge in [-0.25, -0.2) is 4.79 Å². The second-order valence-electron chi connectivity index (χ2n) is 23.9. The van der Waals surface area contributed by atoms with E-state index in [0.717, 1.165) is 96.7 Å². The lowest BCUT2D eigenvalue weighted by molar-refractivity contribution is -0.155. The van der Waals surface area contributed by atoms with E-state index in [-0.39, 0.29) is 63.9 Å².